The zero-order valence-electron chi connectivity index (χ0n) is 8.57. The van der Waals surface area contributed by atoms with E-state index in [-0.39, 0.29) is 12.0 Å². The normalized spacial score (nSPS) is 14.4. The summed E-state index contributed by atoms with van der Waals surface area (Å²) in [6, 6.07) is 1.67. The van der Waals surface area contributed by atoms with Gasteiger partial charge in [-0.25, -0.2) is 4.39 Å². The molecule has 0 aliphatic carbocycles. The fraction of sp³-hybridized carbons (Fsp3) is 0.300. The standard InChI is InChI=1S/C10H12FNO4/c1-10(12,9(15)16)4-5-2-7(13)8(14)3-6(5)11/h2-3,13-14H,4,12H2,1H3,(H,15,16)/t10-/m0/s1/i11-1. The van der Waals surface area contributed by atoms with Crippen LogP contribution in [0.4, 0.5) is 4.39 Å². The zero-order chi connectivity index (χ0) is 12.5. The van der Waals surface area contributed by atoms with Gasteiger partial charge in [-0.3, -0.25) is 4.79 Å². The lowest BCUT2D eigenvalue weighted by Gasteiger charge is -2.19. The molecule has 0 saturated heterocycles. The number of nitrogens with two attached hydrogens (primary N) is 1. The van der Waals surface area contributed by atoms with Crippen molar-refractivity contribution >= 4 is 5.97 Å². The molecule has 5 N–H and O–H groups in total. The Bertz CT molecular complexity index is 431. The van der Waals surface area contributed by atoms with Gasteiger partial charge in [0.05, 0.1) is 0 Å². The SMILES string of the molecule is C[C@](N)(Cc1cc(O)c(O)cc1[18F])C(=O)O. The van der Waals surface area contributed by atoms with Gasteiger partial charge in [0, 0.05) is 12.5 Å². The number of carboxylic acids is 1. The Kier molecular flexibility index (Phi) is 3.04. The van der Waals surface area contributed by atoms with Gasteiger partial charge in [0.2, 0.25) is 0 Å². The lowest BCUT2D eigenvalue weighted by atomic mass is 9.93. The second kappa shape index (κ2) is 3.97. The molecular weight excluding hydrogens is 216 g/mol. The molecule has 88 valence electrons. The molecule has 0 unspecified atom stereocenters. The summed E-state index contributed by atoms with van der Waals surface area (Å²) >= 11 is 0. The molecule has 16 heavy (non-hydrogen) atoms. The van der Waals surface area contributed by atoms with E-state index in [0.717, 1.165) is 6.07 Å². The molecule has 0 spiro atoms. The largest absolute Gasteiger partial charge is 0.504 e. The van der Waals surface area contributed by atoms with E-state index in [1.54, 1.807) is 0 Å². The second-order valence-electron chi connectivity index (χ2n) is 3.83. The Balaban J connectivity index is 3.07. The Labute approximate surface area is 90.9 Å². The molecule has 0 bridgehead atoms. The van der Waals surface area contributed by atoms with Gasteiger partial charge in [-0.05, 0) is 18.6 Å². The quantitative estimate of drug-likeness (QED) is 0.566. The minimum Gasteiger partial charge on any atom is -0.504 e. The first kappa shape index (κ1) is 12.3. The molecule has 0 aliphatic heterocycles. The van der Waals surface area contributed by atoms with Crippen molar-refractivity contribution in [1.29, 1.82) is 0 Å². The van der Waals surface area contributed by atoms with Crippen LogP contribution in [0.5, 0.6) is 11.5 Å². The number of phenols is 2. The maximum atomic E-state index is 13.3. The number of phenolic OH excluding ortho intramolecular Hbond substituents is 2. The molecule has 0 aliphatic rings. The van der Waals surface area contributed by atoms with E-state index in [2.05, 4.69) is 0 Å². The van der Waals surface area contributed by atoms with Crippen molar-refractivity contribution in [2.45, 2.75) is 18.9 Å². The lowest BCUT2D eigenvalue weighted by molar-refractivity contribution is -0.142. The van der Waals surface area contributed by atoms with Crippen LogP contribution < -0.4 is 5.73 Å². The highest BCUT2D eigenvalue weighted by Gasteiger charge is 2.29. The average molecular weight is 228 g/mol. The van der Waals surface area contributed by atoms with Crippen LogP contribution in [0.2, 0.25) is 0 Å². The van der Waals surface area contributed by atoms with Crippen LogP contribution in [0.15, 0.2) is 12.1 Å². The molecule has 0 fully saturated rings. The van der Waals surface area contributed by atoms with Crippen molar-refractivity contribution < 1.29 is 24.5 Å². The second-order valence-corrected chi connectivity index (χ2v) is 3.83. The number of rotatable bonds is 3. The number of carboxylic acid groups (broad SMARTS) is 1. The van der Waals surface area contributed by atoms with Gasteiger partial charge in [-0.2, -0.15) is 0 Å². The van der Waals surface area contributed by atoms with E-state index in [0.29, 0.717) is 6.07 Å². The first-order chi connectivity index (χ1) is 7.24. The number of halogens is 1. The smallest absolute Gasteiger partial charge is 0.323 e. The fourth-order valence-corrected chi connectivity index (χ4v) is 1.20. The number of hydrogen-bond donors (Lipinski definition) is 4. The van der Waals surface area contributed by atoms with E-state index in [9.17, 15) is 9.18 Å². The van der Waals surface area contributed by atoms with Crippen LogP contribution in [0, 0.1) is 5.82 Å². The number of hydrogen-bond acceptors (Lipinski definition) is 4. The summed E-state index contributed by atoms with van der Waals surface area (Å²) in [4.78, 5) is 10.7. The highest BCUT2D eigenvalue weighted by atomic mass is 18.2. The predicted molar refractivity (Wildman–Crippen MR) is 53.7 cm³/mol. The summed E-state index contributed by atoms with van der Waals surface area (Å²) in [5.74, 6) is -3.21. The molecule has 1 rings (SSSR count). The molecule has 0 radical (unpaired) electrons. The van der Waals surface area contributed by atoms with Crippen molar-refractivity contribution in [3.63, 3.8) is 0 Å². The van der Waals surface area contributed by atoms with Gasteiger partial charge in [-0.15, -0.1) is 0 Å². The third-order valence-corrected chi connectivity index (χ3v) is 2.19. The van der Waals surface area contributed by atoms with Crippen molar-refractivity contribution in [3.8, 4) is 11.5 Å². The number of benzene rings is 1. The van der Waals surface area contributed by atoms with E-state index in [1.165, 1.54) is 6.92 Å². The Morgan fingerprint density at radius 2 is 1.94 bits per heavy atom. The van der Waals surface area contributed by atoms with Crippen molar-refractivity contribution in [3.05, 3.63) is 23.5 Å². The van der Waals surface area contributed by atoms with Crippen LogP contribution >= 0.6 is 0 Å². The minimum atomic E-state index is -1.63. The van der Waals surface area contributed by atoms with E-state index in [1.807, 2.05) is 0 Å². The highest BCUT2D eigenvalue weighted by Crippen LogP contribution is 2.29. The molecule has 1 atom stereocenters. The minimum absolute atomic E-state index is 0.0669. The average Bonchev–Trinajstić information content (AvgIpc) is 2.13. The van der Waals surface area contributed by atoms with Gasteiger partial charge < -0.3 is 21.1 Å². The van der Waals surface area contributed by atoms with Gasteiger partial charge in [-0.1, -0.05) is 0 Å². The Hall–Kier alpha value is -1.82. The van der Waals surface area contributed by atoms with Gasteiger partial charge in [0.25, 0.3) is 0 Å². The van der Waals surface area contributed by atoms with Crippen LogP contribution in [-0.4, -0.2) is 26.8 Å². The number of carbonyl (C=O) groups is 1. The monoisotopic (exact) mass is 228 g/mol. The van der Waals surface area contributed by atoms with Crippen molar-refractivity contribution in [1.82, 2.24) is 0 Å². The lowest BCUT2D eigenvalue weighted by Crippen LogP contribution is -2.47. The highest BCUT2D eigenvalue weighted by molar-refractivity contribution is 5.78. The maximum Gasteiger partial charge on any atom is 0.323 e. The van der Waals surface area contributed by atoms with Crippen LogP contribution in [0.25, 0.3) is 0 Å². The third kappa shape index (κ3) is 2.40. The molecule has 5 nitrogen and oxygen atoms in total. The van der Waals surface area contributed by atoms with Crippen LogP contribution in [0.3, 0.4) is 0 Å². The molecule has 0 heterocycles. The summed E-state index contributed by atoms with van der Waals surface area (Å²) in [6.07, 6.45) is -0.290. The molecule has 0 amide bonds. The molecule has 0 saturated carbocycles. The summed E-state index contributed by atoms with van der Waals surface area (Å²) in [7, 11) is 0. The Morgan fingerprint density at radius 1 is 1.44 bits per heavy atom. The topological polar surface area (TPSA) is 104 Å². The molecule has 6 heteroatoms. The summed E-state index contributed by atoms with van der Waals surface area (Å²) in [6.45, 7) is 1.23. The fourth-order valence-electron chi connectivity index (χ4n) is 1.20. The molecule has 1 aromatic rings. The van der Waals surface area contributed by atoms with Gasteiger partial charge >= 0.3 is 5.97 Å². The van der Waals surface area contributed by atoms with Crippen LogP contribution in [-0.2, 0) is 11.2 Å². The van der Waals surface area contributed by atoms with E-state index < -0.39 is 28.8 Å². The molecular formula is C10H12FNO4. The van der Waals surface area contributed by atoms with Crippen LogP contribution in [0.1, 0.15) is 12.5 Å². The van der Waals surface area contributed by atoms with Crippen molar-refractivity contribution in [2.75, 3.05) is 0 Å². The third-order valence-electron chi connectivity index (χ3n) is 2.19. The molecule has 0 aromatic heterocycles. The Morgan fingerprint density at radius 3 is 2.44 bits per heavy atom. The zero-order valence-corrected chi connectivity index (χ0v) is 8.57. The van der Waals surface area contributed by atoms with Crippen molar-refractivity contribution in [2.24, 2.45) is 5.73 Å². The summed E-state index contributed by atoms with van der Waals surface area (Å²) in [5.41, 5.74) is 3.74. The summed E-state index contributed by atoms with van der Waals surface area (Å²) < 4.78 is 13.3. The molecule has 1 aromatic carbocycles. The number of aliphatic carboxylic acids is 1. The first-order valence-corrected chi connectivity index (χ1v) is 4.46. The summed E-state index contributed by atoms with van der Waals surface area (Å²) in [5, 5.41) is 26.9. The first-order valence-electron chi connectivity index (χ1n) is 4.46. The van der Waals surface area contributed by atoms with E-state index in [4.69, 9.17) is 21.1 Å². The van der Waals surface area contributed by atoms with Gasteiger partial charge in [0.15, 0.2) is 11.5 Å². The number of aromatic hydroxyl groups is 2. The van der Waals surface area contributed by atoms with E-state index >= 15 is 0 Å². The predicted octanol–water partition coefficient (Wildman–Crippen LogP) is 0.581. The van der Waals surface area contributed by atoms with Gasteiger partial charge in [0.1, 0.15) is 11.4 Å². The maximum absolute atomic E-state index is 13.3.